The van der Waals surface area contributed by atoms with E-state index in [9.17, 15) is 14.4 Å². The van der Waals surface area contributed by atoms with Crippen molar-refractivity contribution in [1.82, 2.24) is 4.90 Å². The second-order valence-corrected chi connectivity index (χ2v) is 7.05. The number of amides is 3. The van der Waals surface area contributed by atoms with E-state index < -0.39 is 5.91 Å². The molecular formula is C16H23N3O3S. The van der Waals surface area contributed by atoms with Crippen LogP contribution in [0.2, 0.25) is 0 Å². The quantitative estimate of drug-likeness (QED) is 0.879. The standard InChI is InChI=1S/C16H23N3O3S/c1-4-12-9(2)23-16(13(12)14(17)21)18-15(22)11-5-7-19(8-6-11)10(3)20/h11H,4-8H2,1-3H3,(H2,17,21)(H,18,22). The minimum absolute atomic E-state index is 0.0429. The number of rotatable bonds is 4. The molecule has 3 amide bonds. The normalized spacial score (nSPS) is 15.5. The summed E-state index contributed by atoms with van der Waals surface area (Å²) in [5.41, 5.74) is 6.82. The summed E-state index contributed by atoms with van der Waals surface area (Å²) in [5, 5.41) is 3.42. The van der Waals surface area contributed by atoms with Crippen LogP contribution in [0.25, 0.3) is 0 Å². The smallest absolute Gasteiger partial charge is 0.251 e. The number of aryl methyl sites for hydroxylation is 1. The molecule has 0 unspecified atom stereocenters. The van der Waals surface area contributed by atoms with Gasteiger partial charge in [-0.3, -0.25) is 14.4 Å². The van der Waals surface area contributed by atoms with Crippen molar-refractivity contribution in [2.45, 2.75) is 40.0 Å². The van der Waals surface area contributed by atoms with Crippen LogP contribution in [0.4, 0.5) is 5.00 Å². The van der Waals surface area contributed by atoms with Crippen LogP contribution in [0.5, 0.6) is 0 Å². The number of nitrogens with one attached hydrogen (secondary N) is 1. The van der Waals surface area contributed by atoms with E-state index in [1.165, 1.54) is 11.3 Å². The maximum atomic E-state index is 12.5. The molecule has 1 aromatic rings. The van der Waals surface area contributed by atoms with E-state index in [0.717, 1.165) is 10.4 Å². The molecule has 0 spiro atoms. The largest absolute Gasteiger partial charge is 0.365 e. The van der Waals surface area contributed by atoms with Gasteiger partial charge in [0.2, 0.25) is 11.8 Å². The van der Waals surface area contributed by atoms with Crippen LogP contribution < -0.4 is 11.1 Å². The van der Waals surface area contributed by atoms with Crippen molar-refractivity contribution in [3.05, 3.63) is 16.0 Å². The number of thiophene rings is 1. The molecule has 0 radical (unpaired) electrons. The number of likely N-dealkylation sites (tertiary alicyclic amines) is 1. The highest BCUT2D eigenvalue weighted by atomic mass is 32.1. The Balaban J connectivity index is 2.09. The van der Waals surface area contributed by atoms with Gasteiger partial charge in [-0.2, -0.15) is 0 Å². The Labute approximate surface area is 140 Å². The predicted molar refractivity (Wildman–Crippen MR) is 90.6 cm³/mol. The van der Waals surface area contributed by atoms with Crippen LogP contribution in [0.3, 0.4) is 0 Å². The van der Waals surface area contributed by atoms with Crippen molar-refractivity contribution in [3.8, 4) is 0 Å². The van der Waals surface area contributed by atoms with E-state index in [1.807, 2.05) is 13.8 Å². The predicted octanol–water partition coefficient (Wildman–Crippen LogP) is 1.91. The summed E-state index contributed by atoms with van der Waals surface area (Å²) < 4.78 is 0. The van der Waals surface area contributed by atoms with E-state index in [2.05, 4.69) is 5.32 Å². The van der Waals surface area contributed by atoms with Crippen LogP contribution in [-0.2, 0) is 16.0 Å². The van der Waals surface area contributed by atoms with Gasteiger partial charge in [0.25, 0.3) is 5.91 Å². The molecule has 1 aliphatic rings. The fraction of sp³-hybridized carbons (Fsp3) is 0.562. The summed E-state index contributed by atoms with van der Waals surface area (Å²) in [6.07, 6.45) is 1.98. The Kier molecular flexibility index (Phi) is 5.41. The zero-order chi connectivity index (χ0) is 17.1. The first-order chi connectivity index (χ1) is 10.8. The number of piperidine rings is 1. The number of hydrogen-bond donors (Lipinski definition) is 2. The first kappa shape index (κ1) is 17.5. The van der Waals surface area contributed by atoms with Crippen molar-refractivity contribution < 1.29 is 14.4 Å². The molecule has 23 heavy (non-hydrogen) atoms. The monoisotopic (exact) mass is 337 g/mol. The molecule has 2 heterocycles. The average Bonchev–Trinajstić information content (AvgIpc) is 2.82. The van der Waals surface area contributed by atoms with E-state index in [0.29, 0.717) is 42.9 Å². The van der Waals surface area contributed by atoms with Crippen LogP contribution in [0, 0.1) is 12.8 Å². The molecule has 126 valence electrons. The van der Waals surface area contributed by atoms with Gasteiger partial charge in [0, 0.05) is 30.8 Å². The first-order valence-corrected chi connectivity index (χ1v) is 8.65. The van der Waals surface area contributed by atoms with Gasteiger partial charge in [0.15, 0.2) is 0 Å². The zero-order valence-corrected chi connectivity index (χ0v) is 14.6. The Hall–Kier alpha value is -1.89. The van der Waals surface area contributed by atoms with Gasteiger partial charge in [-0.1, -0.05) is 6.92 Å². The van der Waals surface area contributed by atoms with E-state index in [4.69, 9.17) is 5.73 Å². The van der Waals surface area contributed by atoms with Crippen molar-refractivity contribution in [2.24, 2.45) is 11.7 Å². The molecule has 0 atom stereocenters. The average molecular weight is 337 g/mol. The number of nitrogens with two attached hydrogens (primary N) is 1. The molecule has 1 aromatic heterocycles. The fourth-order valence-corrected chi connectivity index (χ4v) is 4.18. The van der Waals surface area contributed by atoms with Crippen LogP contribution in [0.15, 0.2) is 0 Å². The topological polar surface area (TPSA) is 92.5 Å². The Morgan fingerprint density at radius 1 is 1.30 bits per heavy atom. The summed E-state index contributed by atoms with van der Waals surface area (Å²) in [6, 6.07) is 0. The van der Waals surface area contributed by atoms with Crippen molar-refractivity contribution in [3.63, 3.8) is 0 Å². The van der Waals surface area contributed by atoms with Crippen LogP contribution >= 0.6 is 11.3 Å². The summed E-state index contributed by atoms with van der Waals surface area (Å²) >= 11 is 1.39. The molecule has 1 saturated heterocycles. The third kappa shape index (κ3) is 3.72. The number of carbonyl (C=O) groups is 3. The second kappa shape index (κ2) is 7.12. The van der Waals surface area contributed by atoms with Crippen molar-refractivity contribution >= 4 is 34.1 Å². The zero-order valence-electron chi connectivity index (χ0n) is 13.8. The van der Waals surface area contributed by atoms with Gasteiger partial charge in [0.05, 0.1) is 5.56 Å². The lowest BCUT2D eigenvalue weighted by molar-refractivity contribution is -0.132. The molecule has 2 rings (SSSR count). The Morgan fingerprint density at radius 2 is 1.91 bits per heavy atom. The summed E-state index contributed by atoms with van der Waals surface area (Å²) in [7, 11) is 0. The second-order valence-electron chi connectivity index (χ2n) is 5.83. The Bertz CT molecular complexity index is 631. The Morgan fingerprint density at radius 3 is 2.39 bits per heavy atom. The molecule has 7 heteroatoms. The molecule has 3 N–H and O–H groups in total. The third-order valence-electron chi connectivity index (χ3n) is 4.36. The summed E-state index contributed by atoms with van der Waals surface area (Å²) in [5.74, 6) is -0.701. The number of anilines is 1. The lowest BCUT2D eigenvalue weighted by atomic mass is 9.96. The number of primary amides is 1. The minimum atomic E-state index is -0.507. The van der Waals surface area contributed by atoms with E-state index >= 15 is 0 Å². The van der Waals surface area contributed by atoms with Crippen LogP contribution in [0.1, 0.15) is 47.5 Å². The number of hydrogen-bond acceptors (Lipinski definition) is 4. The number of carbonyl (C=O) groups excluding carboxylic acids is 3. The molecule has 0 bridgehead atoms. The molecular weight excluding hydrogens is 314 g/mol. The number of nitrogens with zero attached hydrogens (tertiary/aromatic N) is 1. The van der Waals surface area contributed by atoms with Crippen molar-refractivity contribution in [2.75, 3.05) is 18.4 Å². The van der Waals surface area contributed by atoms with Gasteiger partial charge >= 0.3 is 0 Å². The lowest BCUT2D eigenvalue weighted by Gasteiger charge is -2.30. The molecule has 0 aliphatic carbocycles. The highest BCUT2D eigenvalue weighted by Gasteiger charge is 2.28. The third-order valence-corrected chi connectivity index (χ3v) is 5.42. The van der Waals surface area contributed by atoms with Crippen molar-refractivity contribution in [1.29, 1.82) is 0 Å². The van der Waals surface area contributed by atoms with E-state index in [-0.39, 0.29) is 17.7 Å². The summed E-state index contributed by atoms with van der Waals surface area (Å²) in [4.78, 5) is 38.3. The summed E-state index contributed by atoms with van der Waals surface area (Å²) in [6.45, 7) is 6.63. The molecule has 6 nitrogen and oxygen atoms in total. The van der Waals surface area contributed by atoms with Crippen LogP contribution in [-0.4, -0.2) is 35.7 Å². The maximum Gasteiger partial charge on any atom is 0.251 e. The van der Waals surface area contributed by atoms with Gasteiger partial charge in [-0.15, -0.1) is 11.3 Å². The van der Waals surface area contributed by atoms with Gasteiger partial charge < -0.3 is 16.0 Å². The SMILES string of the molecule is CCc1c(C)sc(NC(=O)C2CCN(C(C)=O)CC2)c1C(N)=O. The molecule has 0 saturated carbocycles. The highest BCUT2D eigenvalue weighted by molar-refractivity contribution is 7.16. The van der Waals surface area contributed by atoms with E-state index in [1.54, 1.807) is 11.8 Å². The fourth-order valence-electron chi connectivity index (χ4n) is 3.02. The van der Waals surface area contributed by atoms with Gasteiger partial charge in [-0.05, 0) is 31.7 Å². The maximum absolute atomic E-state index is 12.5. The van der Waals surface area contributed by atoms with Gasteiger partial charge in [0.1, 0.15) is 5.00 Å². The molecule has 1 fully saturated rings. The van der Waals surface area contributed by atoms with Gasteiger partial charge in [-0.25, -0.2) is 0 Å². The molecule has 0 aromatic carbocycles. The lowest BCUT2D eigenvalue weighted by Crippen LogP contribution is -2.40. The highest BCUT2D eigenvalue weighted by Crippen LogP contribution is 2.34. The first-order valence-electron chi connectivity index (χ1n) is 7.83. The molecule has 1 aliphatic heterocycles. The minimum Gasteiger partial charge on any atom is -0.365 e.